The first-order chi connectivity index (χ1) is 10.1. The summed E-state index contributed by atoms with van der Waals surface area (Å²) < 4.78 is 18.3. The van der Waals surface area contributed by atoms with E-state index in [1.165, 1.54) is 18.6 Å². The zero-order valence-corrected chi connectivity index (χ0v) is 12.4. The van der Waals surface area contributed by atoms with E-state index >= 15 is 0 Å². The van der Waals surface area contributed by atoms with Crippen LogP contribution >= 0.6 is 11.6 Å². The third-order valence-corrected chi connectivity index (χ3v) is 4.60. The Labute approximate surface area is 127 Å². The number of hydrogen-bond acceptors (Lipinski definition) is 4. The van der Waals surface area contributed by atoms with Gasteiger partial charge >= 0.3 is 0 Å². The maximum atomic E-state index is 13.0. The molecule has 2 aromatic rings. The van der Waals surface area contributed by atoms with Gasteiger partial charge in [0.1, 0.15) is 5.82 Å². The van der Waals surface area contributed by atoms with Crippen molar-refractivity contribution in [3.8, 4) is 0 Å². The van der Waals surface area contributed by atoms with E-state index in [-0.39, 0.29) is 11.2 Å². The van der Waals surface area contributed by atoms with Crippen molar-refractivity contribution in [2.24, 2.45) is 11.1 Å². The molecular formula is C15H17ClFN3O. The van der Waals surface area contributed by atoms with Crippen LogP contribution in [0.1, 0.15) is 36.5 Å². The van der Waals surface area contributed by atoms with Crippen LogP contribution in [0, 0.1) is 11.2 Å². The van der Waals surface area contributed by atoms with Crippen LogP contribution in [-0.4, -0.2) is 16.7 Å². The van der Waals surface area contributed by atoms with Gasteiger partial charge in [-0.1, -0.05) is 29.2 Å². The molecule has 1 aliphatic carbocycles. The minimum atomic E-state index is -0.354. The SMILES string of the molecule is NCC1(Cc2nc(Cc3ccc(F)cc3Cl)no2)CCC1. The molecule has 6 heteroatoms. The molecule has 0 bridgehead atoms. The molecule has 2 N–H and O–H groups in total. The first kappa shape index (κ1) is 14.5. The summed E-state index contributed by atoms with van der Waals surface area (Å²) in [7, 11) is 0. The van der Waals surface area contributed by atoms with Gasteiger partial charge in [-0.2, -0.15) is 4.98 Å². The van der Waals surface area contributed by atoms with Gasteiger partial charge in [-0.05, 0) is 42.5 Å². The van der Waals surface area contributed by atoms with Crippen LogP contribution in [0.2, 0.25) is 5.02 Å². The third-order valence-electron chi connectivity index (χ3n) is 4.25. The summed E-state index contributed by atoms with van der Waals surface area (Å²) in [6.45, 7) is 0.647. The number of halogens is 2. The minimum absolute atomic E-state index is 0.136. The summed E-state index contributed by atoms with van der Waals surface area (Å²) in [5, 5.41) is 4.35. The predicted octanol–water partition coefficient (Wildman–Crippen LogP) is 3.12. The first-order valence-corrected chi connectivity index (χ1v) is 7.43. The van der Waals surface area contributed by atoms with E-state index in [9.17, 15) is 4.39 Å². The average Bonchev–Trinajstić information content (AvgIpc) is 2.85. The van der Waals surface area contributed by atoms with Crippen LogP contribution in [0.5, 0.6) is 0 Å². The van der Waals surface area contributed by atoms with E-state index in [2.05, 4.69) is 10.1 Å². The molecule has 0 saturated heterocycles. The lowest BCUT2D eigenvalue weighted by molar-refractivity contribution is 0.129. The van der Waals surface area contributed by atoms with Crippen molar-refractivity contribution < 1.29 is 8.91 Å². The summed E-state index contributed by atoms with van der Waals surface area (Å²) in [5.41, 5.74) is 6.75. The van der Waals surface area contributed by atoms with Crippen LogP contribution in [0.4, 0.5) is 4.39 Å². The highest BCUT2D eigenvalue weighted by atomic mass is 35.5. The molecule has 0 unspecified atom stereocenters. The zero-order valence-electron chi connectivity index (χ0n) is 11.6. The smallest absolute Gasteiger partial charge is 0.227 e. The number of nitrogens with zero attached hydrogens (tertiary/aromatic N) is 2. The van der Waals surface area contributed by atoms with Gasteiger partial charge in [0.25, 0.3) is 0 Å². The van der Waals surface area contributed by atoms with E-state index < -0.39 is 0 Å². The molecular weight excluding hydrogens is 293 g/mol. The fourth-order valence-electron chi connectivity index (χ4n) is 2.72. The molecule has 1 heterocycles. The molecule has 112 valence electrons. The van der Waals surface area contributed by atoms with Gasteiger partial charge in [-0.3, -0.25) is 0 Å². The first-order valence-electron chi connectivity index (χ1n) is 7.06. The van der Waals surface area contributed by atoms with E-state index in [4.69, 9.17) is 21.9 Å². The number of hydrogen-bond donors (Lipinski definition) is 1. The Kier molecular flexibility index (Phi) is 3.95. The van der Waals surface area contributed by atoms with Crippen LogP contribution in [0.25, 0.3) is 0 Å². The van der Waals surface area contributed by atoms with Crippen LogP contribution in [-0.2, 0) is 12.8 Å². The molecule has 0 radical (unpaired) electrons. The molecule has 0 spiro atoms. The van der Waals surface area contributed by atoms with Gasteiger partial charge in [0.15, 0.2) is 5.82 Å². The maximum absolute atomic E-state index is 13.0. The van der Waals surface area contributed by atoms with Gasteiger partial charge in [-0.25, -0.2) is 4.39 Å². The molecule has 1 fully saturated rings. The lowest BCUT2D eigenvalue weighted by Crippen LogP contribution is -2.39. The van der Waals surface area contributed by atoms with Crippen molar-refractivity contribution in [3.05, 3.63) is 46.3 Å². The van der Waals surface area contributed by atoms with E-state index in [0.29, 0.717) is 29.7 Å². The molecule has 1 aromatic carbocycles. The highest BCUT2D eigenvalue weighted by Gasteiger charge is 2.37. The Balaban J connectivity index is 1.70. The van der Waals surface area contributed by atoms with Crippen LogP contribution in [0.15, 0.2) is 22.7 Å². The Morgan fingerprint density at radius 3 is 2.81 bits per heavy atom. The molecule has 3 rings (SSSR count). The Morgan fingerprint density at radius 1 is 1.38 bits per heavy atom. The average molecular weight is 310 g/mol. The second-order valence-electron chi connectivity index (χ2n) is 5.75. The Hall–Kier alpha value is -1.46. The summed E-state index contributed by atoms with van der Waals surface area (Å²) >= 11 is 6.00. The van der Waals surface area contributed by atoms with Gasteiger partial charge in [0.05, 0.1) is 0 Å². The third kappa shape index (κ3) is 3.09. The van der Waals surface area contributed by atoms with Gasteiger partial charge in [-0.15, -0.1) is 0 Å². The Morgan fingerprint density at radius 2 is 2.19 bits per heavy atom. The molecule has 1 aromatic heterocycles. The number of benzene rings is 1. The fraction of sp³-hybridized carbons (Fsp3) is 0.467. The van der Waals surface area contributed by atoms with Crippen molar-refractivity contribution in [2.75, 3.05) is 6.54 Å². The van der Waals surface area contributed by atoms with Crippen LogP contribution < -0.4 is 5.73 Å². The lowest BCUT2D eigenvalue weighted by Gasteiger charge is -2.39. The second-order valence-corrected chi connectivity index (χ2v) is 6.16. The quantitative estimate of drug-likeness (QED) is 0.921. The van der Waals surface area contributed by atoms with E-state index in [0.717, 1.165) is 24.8 Å². The zero-order chi connectivity index (χ0) is 14.9. The minimum Gasteiger partial charge on any atom is -0.339 e. The molecule has 21 heavy (non-hydrogen) atoms. The molecule has 0 amide bonds. The van der Waals surface area contributed by atoms with Gasteiger partial charge in [0.2, 0.25) is 5.89 Å². The van der Waals surface area contributed by atoms with Crippen molar-refractivity contribution in [2.45, 2.75) is 32.1 Å². The molecule has 0 atom stereocenters. The molecule has 0 aliphatic heterocycles. The molecule has 1 aliphatic rings. The summed E-state index contributed by atoms with van der Waals surface area (Å²) in [6.07, 6.45) is 4.60. The van der Waals surface area contributed by atoms with Crippen molar-refractivity contribution in [3.63, 3.8) is 0 Å². The topological polar surface area (TPSA) is 64.9 Å². The summed E-state index contributed by atoms with van der Waals surface area (Å²) in [5.74, 6) is 0.825. The summed E-state index contributed by atoms with van der Waals surface area (Å²) in [4.78, 5) is 4.40. The van der Waals surface area contributed by atoms with E-state index in [1.807, 2.05) is 0 Å². The predicted molar refractivity (Wildman–Crippen MR) is 77.6 cm³/mol. The summed E-state index contributed by atoms with van der Waals surface area (Å²) in [6, 6.07) is 4.30. The molecule has 4 nitrogen and oxygen atoms in total. The monoisotopic (exact) mass is 309 g/mol. The normalized spacial score (nSPS) is 16.7. The second kappa shape index (κ2) is 5.73. The van der Waals surface area contributed by atoms with E-state index in [1.54, 1.807) is 6.07 Å². The van der Waals surface area contributed by atoms with Crippen molar-refractivity contribution in [1.82, 2.24) is 10.1 Å². The largest absolute Gasteiger partial charge is 0.339 e. The Bertz CT molecular complexity index is 634. The van der Waals surface area contributed by atoms with Gasteiger partial charge in [0, 0.05) is 17.9 Å². The number of aromatic nitrogens is 2. The molecule has 1 saturated carbocycles. The maximum Gasteiger partial charge on any atom is 0.227 e. The van der Waals surface area contributed by atoms with Crippen molar-refractivity contribution in [1.29, 1.82) is 0 Å². The standard InChI is InChI=1S/C15H17ClFN3O/c16-12-7-11(17)3-2-10(12)6-13-19-14(21-20-13)8-15(9-18)4-1-5-15/h2-3,7H,1,4-6,8-9,18H2. The highest BCUT2D eigenvalue weighted by Crippen LogP contribution is 2.42. The number of rotatable bonds is 5. The number of nitrogens with two attached hydrogens (primary N) is 1. The fourth-order valence-corrected chi connectivity index (χ4v) is 2.95. The van der Waals surface area contributed by atoms with Gasteiger partial charge < -0.3 is 10.3 Å². The van der Waals surface area contributed by atoms with Crippen molar-refractivity contribution >= 4 is 11.6 Å². The van der Waals surface area contributed by atoms with Crippen LogP contribution in [0.3, 0.4) is 0 Å². The lowest BCUT2D eigenvalue weighted by atomic mass is 9.67. The highest BCUT2D eigenvalue weighted by molar-refractivity contribution is 6.31.